The minimum atomic E-state index is 0.615. The second-order valence-corrected chi connectivity index (χ2v) is 3.16. The highest BCUT2D eigenvalue weighted by Gasteiger charge is 2.07. The summed E-state index contributed by atoms with van der Waals surface area (Å²) >= 11 is 5.97. The summed E-state index contributed by atoms with van der Waals surface area (Å²) in [5.74, 6) is 0. The second-order valence-electron chi connectivity index (χ2n) is 2.78. The van der Waals surface area contributed by atoms with Crippen molar-refractivity contribution in [2.45, 2.75) is 27.7 Å². The Morgan fingerprint density at radius 3 is 2.29 bits per heavy atom. The van der Waals surface area contributed by atoms with Gasteiger partial charge in [0.15, 0.2) is 0 Å². The van der Waals surface area contributed by atoms with E-state index in [9.17, 15) is 0 Å². The number of anilines is 1. The lowest BCUT2D eigenvalue weighted by Gasteiger charge is -2.08. The van der Waals surface area contributed by atoms with E-state index in [1.54, 1.807) is 6.07 Å². The summed E-state index contributed by atoms with van der Waals surface area (Å²) in [5, 5.41) is 7.83. The van der Waals surface area contributed by atoms with Crippen molar-refractivity contribution in [1.29, 1.82) is 5.41 Å². The number of aryl methyl sites for hydroxylation is 1. The number of hydrogen-bond acceptors (Lipinski definition) is 2. The molecular weight excluding hydrogens is 196 g/mol. The van der Waals surface area contributed by atoms with Gasteiger partial charge in [0.1, 0.15) is 0 Å². The van der Waals surface area contributed by atoms with Crippen LogP contribution in [0.5, 0.6) is 0 Å². The van der Waals surface area contributed by atoms with Gasteiger partial charge in [0.25, 0.3) is 0 Å². The molecule has 0 amide bonds. The number of nitrogens with one attached hydrogen (secondary N) is 1. The maximum atomic E-state index is 7.13. The molecule has 1 aromatic rings. The summed E-state index contributed by atoms with van der Waals surface area (Å²) in [5.41, 5.74) is 8.86. The first-order valence-corrected chi connectivity index (χ1v) is 5.01. The number of nitrogen functional groups attached to an aromatic ring is 1. The van der Waals surface area contributed by atoms with Gasteiger partial charge in [-0.2, -0.15) is 0 Å². The minimum absolute atomic E-state index is 0.615. The molecule has 0 radical (unpaired) electrons. The van der Waals surface area contributed by atoms with Crippen LogP contribution in [0.3, 0.4) is 0 Å². The highest BCUT2D eigenvalue weighted by atomic mass is 35.5. The number of hydrogen-bond donors (Lipinski definition) is 2. The number of nitrogens with two attached hydrogens (primary N) is 1. The molecule has 0 spiro atoms. The third-order valence-electron chi connectivity index (χ3n) is 1.91. The summed E-state index contributed by atoms with van der Waals surface area (Å²) < 4.78 is 0. The molecule has 0 aliphatic rings. The van der Waals surface area contributed by atoms with E-state index in [1.807, 2.05) is 27.7 Å². The van der Waals surface area contributed by atoms with Crippen LogP contribution in [0.25, 0.3) is 0 Å². The van der Waals surface area contributed by atoms with E-state index >= 15 is 0 Å². The molecule has 3 heteroatoms. The minimum Gasteiger partial charge on any atom is -0.398 e. The predicted molar refractivity (Wildman–Crippen MR) is 64.6 cm³/mol. The second kappa shape index (κ2) is 5.66. The molecule has 78 valence electrons. The summed E-state index contributed by atoms with van der Waals surface area (Å²) in [6.07, 6.45) is 1.23. The fraction of sp³-hybridized carbons (Fsp3) is 0.364. The van der Waals surface area contributed by atoms with Gasteiger partial charge in [-0.05, 0) is 31.0 Å². The summed E-state index contributed by atoms with van der Waals surface area (Å²) in [4.78, 5) is 0. The Morgan fingerprint density at radius 1 is 1.36 bits per heavy atom. The quantitative estimate of drug-likeness (QED) is 0.543. The first-order valence-electron chi connectivity index (χ1n) is 4.63. The van der Waals surface area contributed by atoms with Crippen LogP contribution >= 0.6 is 11.6 Å². The molecule has 0 aliphatic heterocycles. The van der Waals surface area contributed by atoms with E-state index in [0.29, 0.717) is 16.3 Å². The zero-order valence-corrected chi connectivity index (χ0v) is 9.87. The molecule has 0 bridgehead atoms. The number of halogens is 1. The molecular formula is C11H17ClN2. The average Bonchev–Trinajstić information content (AvgIpc) is 2.18. The van der Waals surface area contributed by atoms with Gasteiger partial charge in [-0.3, -0.25) is 0 Å². The highest BCUT2D eigenvalue weighted by Crippen LogP contribution is 2.26. The van der Waals surface area contributed by atoms with Crippen molar-refractivity contribution >= 4 is 23.5 Å². The van der Waals surface area contributed by atoms with Crippen molar-refractivity contribution in [1.82, 2.24) is 0 Å². The van der Waals surface area contributed by atoms with Gasteiger partial charge in [0.2, 0.25) is 0 Å². The van der Waals surface area contributed by atoms with E-state index in [0.717, 1.165) is 11.1 Å². The van der Waals surface area contributed by atoms with Gasteiger partial charge < -0.3 is 11.1 Å². The molecule has 0 heterocycles. The molecule has 2 nitrogen and oxygen atoms in total. The van der Waals surface area contributed by atoms with Crippen LogP contribution < -0.4 is 5.73 Å². The van der Waals surface area contributed by atoms with Crippen molar-refractivity contribution in [2.75, 3.05) is 5.73 Å². The topological polar surface area (TPSA) is 49.9 Å². The van der Waals surface area contributed by atoms with Gasteiger partial charge >= 0.3 is 0 Å². The Morgan fingerprint density at radius 2 is 1.86 bits per heavy atom. The SMILES string of the molecule is CC.Cc1cc(N)c(C=N)c(C)c1Cl. The van der Waals surface area contributed by atoms with Crippen LogP contribution in [-0.4, -0.2) is 6.21 Å². The van der Waals surface area contributed by atoms with E-state index < -0.39 is 0 Å². The maximum Gasteiger partial charge on any atom is 0.0472 e. The molecule has 0 atom stereocenters. The third-order valence-corrected chi connectivity index (χ3v) is 2.49. The molecule has 1 aromatic carbocycles. The van der Waals surface area contributed by atoms with E-state index in [4.69, 9.17) is 22.7 Å². The summed E-state index contributed by atoms with van der Waals surface area (Å²) in [7, 11) is 0. The maximum absolute atomic E-state index is 7.13. The summed E-state index contributed by atoms with van der Waals surface area (Å²) in [6, 6.07) is 1.79. The van der Waals surface area contributed by atoms with Crippen molar-refractivity contribution < 1.29 is 0 Å². The Hall–Kier alpha value is -1.02. The van der Waals surface area contributed by atoms with Crippen LogP contribution in [0.2, 0.25) is 5.02 Å². The fourth-order valence-corrected chi connectivity index (χ4v) is 1.35. The van der Waals surface area contributed by atoms with Crippen LogP contribution in [-0.2, 0) is 0 Å². The van der Waals surface area contributed by atoms with Crippen molar-refractivity contribution in [3.63, 3.8) is 0 Å². The lowest BCUT2D eigenvalue weighted by Crippen LogP contribution is -1.98. The fourth-order valence-electron chi connectivity index (χ4n) is 1.20. The molecule has 14 heavy (non-hydrogen) atoms. The highest BCUT2D eigenvalue weighted by molar-refractivity contribution is 6.32. The van der Waals surface area contributed by atoms with Gasteiger partial charge in [-0.1, -0.05) is 25.4 Å². The van der Waals surface area contributed by atoms with Crippen molar-refractivity contribution in [3.05, 3.63) is 27.8 Å². The van der Waals surface area contributed by atoms with E-state index in [1.165, 1.54) is 6.21 Å². The molecule has 0 unspecified atom stereocenters. The van der Waals surface area contributed by atoms with Crippen LogP contribution in [0.4, 0.5) is 5.69 Å². The predicted octanol–water partition coefficient (Wildman–Crippen LogP) is 3.56. The van der Waals surface area contributed by atoms with Crippen LogP contribution in [0.15, 0.2) is 6.07 Å². The monoisotopic (exact) mass is 212 g/mol. The molecule has 0 aliphatic carbocycles. The van der Waals surface area contributed by atoms with Crippen LogP contribution in [0.1, 0.15) is 30.5 Å². The third kappa shape index (κ3) is 2.48. The van der Waals surface area contributed by atoms with Gasteiger partial charge in [0.05, 0.1) is 0 Å². The zero-order valence-electron chi connectivity index (χ0n) is 9.11. The first kappa shape index (κ1) is 13.0. The molecule has 3 N–H and O–H groups in total. The lowest BCUT2D eigenvalue weighted by molar-refractivity contribution is 1.36. The van der Waals surface area contributed by atoms with Gasteiger partial charge in [-0.25, -0.2) is 0 Å². The van der Waals surface area contributed by atoms with Crippen LogP contribution in [0, 0.1) is 19.3 Å². The van der Waals surface area contributed by atoms with E-state index in [2.05, 4.69) is 0 Å². The normalized spacial score (nSPS) is 8.93. The summed E-state index contributed by atoms with van der Waals surface area (Å²) in [6.45, 7) is 7.77. The van der Waals surface area contributed by atoms with E-state index in [-0.39, 0.29) is 0 Å². The van der Waals surface area contributed by atoms with Crippen molar-refractivity contribution in [2.24, 2.45) is 0 Å². The Bertz CT molecular complexity index is 333. The first-order chi connectivity index (χ1) is 6.57. The Kier molecular flexibility index (Phi) is 5.24. The molecule has 0 saturated heterocycles. The lowest BCUT2D eigenvalue weighted by atomic mass is 10.0. The van der Waals surface area contributed by atoms with Gasteiger partial charge in [0, 0.05) is 22.5 Å². The molecule has 0 saturated carbocycles. The van der Waals surface area contributed by atoms with Gasteiger partial charge in [-0.15, -0.1) is 0 Å². The smallest absolute Gasteiger partial charge is 0.0472 e. The Labute approximate surface area is 90.6 Å². The number of benzene rings is 1. The Balaban J connectivity index is 0.000000791. The molecule has 0 aromatic heterocycles. The molecule has 0 fully saturated rings. The largest absolute Gasteiger partial charge is 0.398 e. The zero-order chi connectivity index (χ0) is 11.3. The standard InChI is InChI=1S/C9H11ClN2.C2H6/c1-5-3-8(12)7(4-11)6(2)9(5)10;1-2/h3-4,11H,12H2,1-2H3;1-2H3. The molecule has 1 rings (SSSR count). The number of rotatable bonds is 1. The van der Waals surface area contributed by atoms with Crippen molar-refractivity contribution in [3.8, 4) is 0 Å². The average molecular weight is 213 g/mol.